The van der Waals surface area contributed by atoms with Crippen molar-refractivity contribution in [1.29, 1.82) is 0 Å². The third-order valence-electron chi connectivity index (χ3n) is 6.77. The fraction of sp³-hybridized carbons (Fsp3) is 0.276. The van der Waals surface area contributed by atoms with Crippen molar-refractivity contribution in [3.63, 3.8) is 0 Å². The zero-order valence-electron chi connectivity index (χ0n) is 20.8. The largest absolute Gasteiger partial charge is 0.508 e. The minimum Gasteiger partial charge on any atom is -0.508 e. The average molecular weight is 571 g/mol. The highest BCUT2D eigenvalue weighted by Gasteiger charge is 2.53. The second kappa shape index (κ2) is 11.3. The van der Waals surface area contributed by atoms with E-state index >= 15 is 0 Å². The van der Waals surface area contributed by atoms with E-state index in [9.17, 15) is 18.3 Å². The Hall–Kier alpha value is -3.53. The van der Waals surface area contributed by atoms with Crippen LogP contribution in [0.2, 0.25) is 5.02 Å². The molecule has 0 amide bonds. The Morgan fingerprint density at radius 3 is 2.33 bits per heavy atom. The van der Waals surface area contributed by atoms with E-state index in [0.717, 1.165) is 22.3 Å². The molecule has 0 aliphatic carbocycles. The van der Waals surface area contributed by atoms with Crippen LogP contribution in [0.5, 0.6) is 17.2 Å². The van der Waals surface area contributed by atoms with Crippen LogP contribution in [0.1, 0.15) is 36.8 Å². The van der Waals surface area contributed by atoms with Gasteiger partial charge in [0.25, 0.3) is 0 Å². The summed E-state index contributed by atoms with van der Waals surface area (Å²) in [4.78, 5) is 10.7. The lowest BCUT2D eigenvalue weighted by molar-refractivity contribution is -0.137. The lowest BCUT2D eigenvalue weighted by Gasteiger charge is -2.25. The summed E-state index contributed by atoms with van der Waals surface area (Å²) in [7, 11) is -4.07. The van der Waals surface area contributed by atoms with Crippen LogP contribution in [0.15, 0.2) is 72.8 Å². The summed E-state index contributed by atoms with van der Waals surface area (Å²) in [5.41, 5.74) is 3.23. The van der Waals surface area contributed by atoms with Crippen molar-refractivity contribution in [2.75, 3.05) is 6.61 Å². The van der Waals surface area contributed by atoms with E-state index in [1.54, 1.807) is 48.5 Å². The molecule has 0 spiro atoms. The van der Waals surface area contributed by atoms with Crippen LogP contribution in [0.3, 0.4) is 0 Å². The summed E-state index contributed by atoms with van der Waals surface area (Å²) in [6, 6.07) is 20.3. The summed E-state index contributed by atoms with van der Waals surface area (Å²) >= 11 is 6.01. The Bertz CT molecular complexity index is 1480. The van der Waals surface area contributed by atoms with Crippen molar-refractivity contribution in [2.24, 2.45) is 0 Å². The van der Waals surface area contributed by atoms with Crippen molar-refractivity contribution < 1.29 is 37.1 Å². The van der Waals surface area contributed by atoms with Crippen LogP contribution >= 0.6 is 11.6 Å². The smallest absolute Gasteiger partial charge is 0.315 e. The first-order chi connectivity index (χ1) is 18.7. The first-order valence-corrected chi connectivity index (χ1v) is 14.4. The molecule has 0 unspecified atom stereocenters. The first-order valence-electron chi connectivity index (χ1n) is 12.5. The third kappa shape index (κ3) is 6.06. The minimum atomic E-state index is -4.07. The molecule has 2 N–H and O–H groups in total. The number of aliphatic carboxylic acids is 1. The van der Waals surface area contributed by atoms with Crippen LogP contribution in [0, 0.1) is 0 Å². The zero-order chi connectivity index (χ0) is 27.6. The van der Waals surface area contributed by atoms with Gasteiger partial charge in [-0.1, -0.05) is 41.9 Å². The maximum absolute atomic E-state index is 13.4. The first kappa shape index (κ1) is 27.1. The topological polar surface area (TPSA) is 119 Å². The number of phenolic OH excluding ortho intramolecular Hbond substituents is 1. The van der Waals surface area contributed by atoms with E-state index in [4.69, 9.17) is 30.4 Å². The fourth-order valence-corrected chi connectivity index (χ4v) is 6.60. The molecule has 0 aromatic heterocycles. The highest BCUT2D eigenvalue weighted by Crippen LogP contribution is 2.51. The molecule has 39 heavy (non-hydrogen) atoms. The van der Waals surface area contributed by atoms with Crippen LogP contribution in [-0.4, -0.2) is 48.7 Å². The molecule has 1 fully saturated rings. The number of halogens is 1. The average Bonchev–Trinajstić information content (AvgIpc) is 3.49. The Morgan fingerprint density at radius 1 is 0.949 bits per heavy atom. The number of carboxylic acid groups (broad SMARTS) is 1. The van der Waals surface area contributed by atoms with Gasteiger partial charge in [-0.15, -0.1) is 0 Å². The van der Waals surface area contributed by atoms with E-state index in [1.807, 2.05) is 12.1 Å². The molecule has 3 aromatic carbocycles. The predicted molar refractivity (Wildman–Crippen MR) is 146 cm³/mol. The molecule has 2 aliphatic heterocycles. The standard InChI is InChI=1S/C29H27ClO8S/c30-20-4-3-5-23(16-20)38-39(34,35)25-17-24-27(18-7-11-21(31)12-8-18)28(29(25)37-24)19-9-13-22(14-10-19)36-15-2-1-6-26(32)33/h3-5,7-14,16,24-25,29,31H,1-2,6,15,17H2,(H,32,33)/t24-,25+,29+/m0/s1. The lowest BCUT2D eigenvalue weighted by Crippen LogP contribution is -2.35. The van der Waals surface area contributed by atoms with Crippen LogP contribution in [0.25, 0.3) is 11.1 Å². The van der Waals surface area contributed by atoms with Crippen molar-refractivity contribution >= 4 is 38.8 Å². The number of carboxylic acids is 1. The molecule has 3 atom stereocenters. The number of fused-ring (bicyclic) bond motifs is 2. The molecule has 10 heteroatoms. The molecule has 204 valence electrons. The fourth-order valence-electron chi connectivity index (χ4n) is 5.01. The highest BCUT2D eigenvalue weighted by molar-refractivity contribution is 7.87. The van der Waals surface area contributed by atoms with Crippen LogP contribution in [-0.2, 0) is 19.6 Å². The quantitative estimate of drug-likeness (QED) is 0.228. The van der Waals surface area contributed by atoms with Gasteiger partial charge in [0.15, 0.2) is 0 Å². The van der Waals surface area contributed by atoms with Gasteiger partial charge in [0.05, 0.1) is 12.7 Å². The van der Waals surface area contributed by atoms with Crippen LogP contribution < -0.4 is 8.92 Å². The molecule has 2 aliphatic rings. The normalized spacial score (nSPS) is 20.3. The van der Waals surface area contributed by atoms with E-state index in [1.165, 1.54) is 12.1 Å². The summed E-state index contributed by atoms with van der Waals surface area (Å²) in [6.45, 7) is 0.392. The number of carbonyl (C=O) groups is 1. The molecule has 3 aromatic rings. The third-order valence-corrected chi connectivity index (χ3v) is 8.61. The molecule has 2 heterocycles. The van der Waals surface area contributed by atoms with Crippen molar-refractivity contribution in [1.82, 2.24) is 0 Å². The summed E-state index contributed by atoms with van der Waals surface area (Å²) in [5, 5.41) is 18.0. The van der Waals surface area contributed by atoms with Crippen molar-refractivity contribution in [2.45, 2.75) is 43.1 Å². The molecule has 0 saturated carbocycles. The molecule has 2 bridgehead atoms. The Morgan fingerprint density at radius 2 is 1.64 bits per heavy atom. The number of benzene rings is 3. The summed E-state index contributed by atoms with van der Waals surface area (Å²) < 4.78 is 44.2. The van der Waals surface area contributed by atoms with Gasteiger partial charge in [0.1, 0.15) is 28.6 Å². The lowest BCUT2D eigenvalue weighted by atomic mass is 9.83. The van der Waals surface area contributed by atoms with Gasteiger partial charge < -0.3 is 23.9 Å². The predicted octanol–water partition coefficient (Wildman–Crippen LogP) is 5.54. The van der Waals surface area contributed by atoms with Gasteiger partial charge in [-0.2, -0.15) is 8.42 Å². The molecule has 8 nitrogen and oxygen atoms in total. The molecule has 5 rings (SSSR count). The monoisotopic (exact) mass is 570 g/mol. The maximum atomic E-state index is 13.4. The Kier molecular flexibility index (Phi) is 7.83. The number of phenols is 1. The van der Waals surface area contributed by atoms with Gasteiger partial charge in [-0.05, 0) is 71.5 Å². The van der Waals surface area contributed by atoms with E-state index in [-0.39, 0.29) is 24.3 Å². The Balaban J connectivity index is 1.42. The second-order valence-corrected chi connectivity index (χ2v) is 11.6. The van der Waals surface area contributed by atoms with Crippen molar-refractivity contribution in [3.05, 3.63) is 88.9 Å². The van der Waals surface area contributed by atoms with Gasteiger partial charge >= 0.3 is 16.1 Å². The number of aromatic hydroxyl groups is 1. The molecular weight excluding hydrogens is 544 g/mol. The number of unbranched alkanes of at least 4 members (excludes halogenated alkanes) is 1. The van der Waals surface area contributed by atoms with E-state index in [2.05, 4.69) is 0 Å². The van der Waals surface area contributed by atoms with Gasteiger partial charge in [0, 0.05) is 23.9 Å². The van der Waals surface area contributed by atoms with Gasteiger partial charge in [0.2, 0.25) is 0 Å². The minimum absolute atomic E-state index is 0.101. The molecular formula is C29H27ClO8S. The van der Waals surface area contributed by atoms with Gasteiger partial charge in [-0.25, -0.2) is 0 Å². The number of hydrogen-bond donors (Lipinski definition) is 2. The zero-order valence-corrected chi connectivity index (χ0v) is 22.4. The summed E-state index contributed by atoms with van der Waals surface area (Å²) in [6.07, 6.45) is 0.250. The second-order valence-electron chi connectivity index (χ2n) is 9.45. The number of rotatable bonds is 11. The van der Waals surface area contributed by atoms with Crippen LogP contribution in [0.4, 0.5) is 0 Å². The number of hydrogen-bond acceptors (Lipinski definition) is 7. The summed E-state index contributed by atoms with van der Waals surface area (Å²) in [5.74, 6) is 0.0615. The maximum Gasteiger partial charge on any atom is 0.315 e. The highest BCUT2D eigenvalue weighted by atomic mass is 35.5. The van der Waals surface area contributed by atoms with E-state index < -0.39 is 33.5 Å². The number of ether oxygens (including phenoxy) is 2. The van der Waals surface area contributed by atoms with Crippen molar-refractivity contribution in [3.8, 4) is 17.2 Å². The molecule has 0 radical (unpaired) electrons. The van der Waals surface area contributed by atoms with E-state index in [0.29, 0.717) is 30.2 Å². The SMILES string of the molecule is O=C(O)CCCCOc1ccc(C2=C(c3ccc(O)cc3)[C@@H]3C[C@@H](S(=O)(=O)Oc4cccc(Cl)c4)[C@H]2O3)cc1. The Labute approximate surface area is 231 Å². The molecule has 1 saturated heterocycles. The van der Waals surface area contributed by atoms with Gasteiger partial charge in [-0.3, -0.25) is 4.79 Å².